The number of rotatable bonds is 4. The Bertz CT molecular complexity index is 596. The van der Waals surface area contributed by atoms with Gasteiger partial charge in [-0.25, -0.2) is 9.59 Å². The topological polar surface area (TPSA) is 76.7 Å². The second-order valence-corrected chi connectivity index (χ2v) is 4.70. The Morgan fingerprint density at radius 1 is 1.32 bits per heavy atom. The first-order valence-corrected chi connectivity index (χ1v) is 7.34. The van der Waals surface area contributed by atoms with Crippen molar-refractivity contribution in [1.29, 1.82) is 0 Å². The molecule has 0 fully saturated rings. The zero-order valence-corrected chi connectivity index (χ0v) is 12.8. The number of hydrogen-bond acceptors (Lipinski definition) is 4. The minimum atomic E-state index is -0.332. The fourth-order valence-corrected chi connectivity index (χ4v) is 2.16. The molecule has 1 aromatic carbocycles. The lowest BCUT2D eigenvalue weighted by Crippen LogP contribution is -2.28. The molecule has 22 heavy (non-hydrogen) atoms. The van der Waals surface area contributed by atoms with Gasteiger partial charge in [0.15, 0.2) is 0 Å². The van der Waals surface area contributed by atoms with Crippen molar-refractivity contribution in [3.63, 3.8) is 0 Å². The lowest BCUT2D eigenvalue weighted by molar-refractivity contribution is -0.138. The van der Waals surface area contributed by atoms with E-state index in [9.17, 15) is 9.59 Å². The van der Waals surface area contributed by atoms with Crippen LogP contribution >= 0.6 is 0 Å². The van der Waals surface area contributed by atoms with E-state index in [1.165, 1.54) is 0 Å². The number of esters is 1. The van der Waals surface area contributed by atoms with Crippen molar-refractivity contribution in [3.8, 4) is 5.75 Å². The molecule has 0 radical (unpaired) electrons. The molecule has 2 rings (SSSR count). The van der Waals surface area contributed by atoms with Crippen molar-refractivity contribution in [2.45, 2.75) is 20.3 Å². The Kier molecular flexibility index (Phi) is 5.41. The summed E-state index contributed by atoms with van der Waals surface area (Å²) in [5, 5.41) is 5.41. The molecule has 0 atom stereocenters. The van der Waals surface area contributed by atoms with E-state index in [0.29, 0.717) is 43.2 Å². The molecule has 6 heteroatoms. The van der Waals surface area contributed by atoms with Gasteiger partial charge >= 0.3 is 12.0 Å². The maximum atomic E-state index is 11.9. The zero-order chi connectivity index (χ0) is 15.9. The van der Waals surface area contributed by atoms with Crippen LogP contribution in [-0.4, -0.2) is 31.8 Å². The third-order valence-corrected chi connectivity index (χ3v) is 3.12. The molecule has 0 unspecified atom stereocenters. The van der Waals surface area contributed by atoms with E-state index >= 15 is 0 Å². The monoisotopic (exact) mass is 304 g/mol. The van der Waals surface area contributed by atoms with Gasteiger partial charge in [-0.05, 0) is 26.0 Å². The van der Waals surface area contributed by atoms with E-state index in [1.54, 1.807) is 25.1 Å². The number of carbonyl (C=O) groups excluding carboxylic acids is 2. The number of benzene rings is 1. The molecule has 1 aliphatic rings. The van der Waals surface area contributed by atoms with Crippen LogP contribution in [0.5, 0.6) is 5.75 Å². The van der Waals surface area contributed by atoms with Crippen LogP contribution in [-0.2, 0) is 9.53 Å². The predicted octanol–water partition coefficient (Wildman–Crippen LogP) is 2.56. The normalized spacial score (nSPS) is 13.1. The molecule has 0 bridgehead atoms. The third-order valence-electron chi connectivity index (χ3n) is 3.12. The number of urea groups is 1. The van der Waals surface area contributed by atoms with Gasteiger partial charge in [0.05, 0.1) is 18.9 Å². The quantitative estimate of drug-likeness (QED) is 0.838. The Hall–Kier alpha value is -2.50. The Labute approximate surface area is 129 Å². The van der Waals surface area contributed by atoms with Crippen molar-refractivity contribution in [1.82, 2.24) is 5.32 Å². The molecule has 0 aromatic heterocycles. The molecule has 118 valence electrons. The highest BCUT2D eigenvalue weighted by Crippen LogP contribution is 2.33. The number of ether oxygens (including phenoxy) is 2. The van der Waals surface area contributed by atoms with Crippen molar-refractivity contribution < 1.29 is 19.1 Å². The molecule has 0 aliphatic carbocycles. The van der Waals surface area contributed by atoms with E-state index < -0.39 is 0 Å². The minimum Gasteiger partial charge on any atom is -0.490 e. The first kappa shape index (κ1) is 15.9. The van der Waals surface area contributed by atoms with Crippen LogP contribution in [0, 0.1) is 0 Å². The number of fused-ring (bicyclic) bond motifs is 1. The predicted molar refractivity (Wildman–Crippen MR) is 83.9 cm³/mol. The van der Waals surface area contributed by atoms with E-state index in [-0.39, 0.29) is 12.0 Å². The summed E-state index contributed by atoms with van der Waals surface area (Å²) in [6.07, 6.45) is 2.22. The maximum absolute atomic E-state index is 11.9. The zero-order valence-electron chi connectivity index (χ0n) is 12.8. The van der Waals surface area contributed by atoms with Crippen molar-refractivity contribution in [3.05, 3.63) is 29.3 Å². The van der Waals surface area contributed by atoms with Gasteiger partial charge in [0.25, 0.3) is 0 Å². The summed E-state index contributed by atoms with van der Waals surface area (Å²) in [5.74, 6) is 0.231. The van der Waals surface area contributed by atoms with E-state index in [2.05, 4.69) is 10.6 Å². The van der Waals surface area contributed by atoms with Gasteiger partial charge < -0.3 is 20.1 Å². The number of hydrogen-bond donors (Lipinski definition) is 2. The van der Waals surface area contributed by atoms with E-state index in [1.807, 2.05) is 13.0 Å². The second kappa shape index (κ2) is 7.49. The number of anilines is 1. The molecule has 1 aliphatic heterocycles. The van der Waals surface area contributed by atoms with Gasteiger partial charge in [-0.1, -0.05) is 12.1 Å². The van der Waals surface area contributed by atoms with Gasteiger partial charge in [-0.2, -0.15) is 0 Å². The summed E-state index contributed by atoms with van der Waals surface area (Å²) < 4.78 is 10.8. The van der Waals surface area contributed by atoms with Crippen LogP contribution in [0.25, 0.3) is 6.08 Å². The average molecular weight is 304 g/mol. The van der Waals surface area contributed by atoms with Crippen LogP contribution in [0.1, 0.15) is 25.8 Å². The van der Waals surface area contributed by atoms with E-state index in [4.69, 9.17) is 9.47 Å². The smallest absolute Gasteiger partial charge is 0.334 e. The molecule has 2 N–H and O–H groups in total. The van der Waals surface area contributed by atoms with Crippen LogP contribution in [0.15, 0.2) is 23.8 Å². The second-order valence-electron chi connectivity index (χ2n) is 4.70. The van der Waals surface area contributed by atoms with Gasteiger partial charge in [-0.3, -0.25) is 0 Å². The summed E-state index contributed by atoms with van der Waals surface area (Å²) in [4.78, 5) is 23.6. The molecule has 0 saturated heterocycles. The fourth-order valence-electron chi connectivity index (χ4n) is 2.16. The maximum Gasteiger partial charge on any atom is 0.334 e. The van der Waals surface area contributed by atoms with E-state index in [0.717, 1.165) is 5.56 Å². The van der Waals surface area contributed by atoms with Crippen molar-refractivity contribution in [2.24, 2.45) is 0 Å². The summed E-state index contributed by atoms with van der Waals surface area (Å²) in [7, 11) is 0. The van der Waals surface area contributed by atoms with Crippen LogP contribution < -0.4 is 15.4 Å². The number of amides is 2. The molecule has 2 amide bonds. The SMILES string of the molecule is CCNC(=O)Nc1cccc2c1OCCC(C(=O)OCC)=C2. The summed E-state index contributed by atoms with van der Waals surface area (Å²) in [6.45, 7) is 4.84. The molecule has 1 aromatic rings. The first-order chi connectivity index (χ1) is 10.7. The first-order valence-electron chi connectivity index (χ1n) is 7.34. The molecule has 6 nitrogen and oxygen atoms in total. The van der Waals surface area contributed by atoms with Crippen LogP contribution in [0.3, 0.4) is 0 Å². The molecular weight excluding hydrogens is 284 g/mol. The van der Waals surface area contributed by atoms with Crippen LogP contribution in [0.4, 0.5) is 10.5 Å². The summed E-state index contributed by atoms with van der Waals surface area (Å²) in [5.41, 5.74) is 1.88. The molecule has 0 spiro atoms. The van der Waals surface area contributed by atoms with Gasteiger partial charge in [-0.15, -0.1) is 0 Å². The number of carbonyl (C=O) groups is 2. The fraction of sp³-hybridized carbons (Fsp3) is 0.375. The van der Waals surface area contributed by atoms with Gasteiger partial charge in [0, 0.05) is 24.1 Å². The Morgan fingerprint density at radius 3 is 2.86 bits per heavy atom. The highest BCUT2D eigenvalue weighted by atomic mass is 16.5. The lowest BCUT2D eigenvalue weighted by Gasteiger charge is -2.13. The van der Waals surface area contributed by atoms with Gasteiger partial charge in [0.1, 0.15) is 5.75 Å². The Morgan fingerprint density at radius 2 is 2.14 bits per heavy atom. The molecule has 0 saturated carbocycles. The van der Waals surface area contributed by atoms with Gasteiger partial charge in [0.2, 0.25) is 0 Å². The molecular formula is C16H20N2O4. The van der Waals surface area contributed by atoms with Crippen molar-refractivity contribution >= 4 is 23.8 Å². The Balaban J connectivity index is 2.28. The summed E-state index contributed by atoms with van der Waals surface area (Å²) in [6, 6.07) is 5.10. The summed E-state index contributed by atoms with van der Waals surface area (Å²) >= 11 is 0. The highest BCUT2D eigenvalue weighted by Gasteiger charge is 2.19. The minimum absolute atomic E-state index is 0.293. The van der Waals surface area contributed by atoms with Crippen LogP contribution in [0.2, 0.25) is 0 Å². The largest absolute Gasteiger partial charge is 0.490 e. The number of para-hydroxylation sites is 1. The standard InChI is InChI=1S/C16H20N2O4/c1-3-17-16(20)18-13-7-5-6-11-10-12(15(19)21-4-2)8-9-22-14(11)13/h5-7,10H,3-4,8-9H2,1-2H3,(H2,17,18,20). The third kappa shape index (κ3) is 3.78. The highest BCUT2D eigenvalue weighted by molar-refractivity contribution is 5.96. The number of nitrogens with one attached hydrogen (secondary N) is 2. The van der Waals surface area contributed by atoms with Crippen molar-refractivity contribution in [2.75, 3.05) is 25.1 Å². The lowest BCUT2D eigenvalue weighted by atomic mass is 10.1. The average Bonchev–Trinajstić information content (AvgIpc) is 2.71. The molecule has 1 heterocycles.